The van der Waals surface area contributed by atoms with Crippen LogP contribution in [-0.2, 0) is 26.2 Å². The van der Waals surface area contributed by atoms with Crippen molar-refractivity contribution in [3.63, 3.8) is 0 Å². The van der Waals surface area contributed by atoms with E-state index in [1.807, 2.05) is 0 Å². The molecule has 1 aromatic carbocycles. The van der Waals surface area contributed by atoms with Gasteiger partial charge in [0.1, 0.15) is 19.0 Å². The van der Waals surface area contributed by atoms with E-state index in [4.69, 9.17) is 9.47 Å². The second-order valence-corrected chi connectivity index (χ2v) is 6.59. The van der Waals surface area contributed by atoms with Crippen LogP contribution in [0.2, 0.25) is 0 Å². The van der Waals surface area contributed by atoms with Crippen LogP contribution in [0.5, 0.6) is 5.75 Å². The van der Waals surface area contributed by atoms with Crippen LogP contribution in [0.3, 0.4) is 0 Å². The Labute approximate surface area is 140 Å². The quantitative estimate of drug-likeness (QED) is 0.515. The molecule has 3 N–H and O–H groups in total. The molecule has 0 atom stereocenters. The molecule has 0 radical (unpaired) electrons. The molecule has 0 aliphatic heterocycles. The molecule has 0 saturated carbocycles. The van der Waals surface area contributed by atoms with Gasteiger partial charge in [0.2, 0.25) is 15.9 Å². The summed E-state index contributed by atoms with van der Waals surface area (Å²) in [6.07, 6.45) is 0.476. The number of amides is 2. The molecule has 0 aromatic heterocycles. The Kier molecular flexibility index (Phi) is 7.99. The van der Waals surface area contributed by atoms with E-state index in [0.717, 1.165) is 11.8 Å². The zero-order valence-electron chi connectivity index (χ0n) is 13.5. The van der Waals surface area contributed by atoms with Gasteiger partial charge in [-0.3, -0.25) is 4.79 Å². The lowest BCUT2D eigenvalue weighted by atomic mass is 10.2. The van der Waals surface area contributed by atoms with Crippen molar-refractivity contribution < 1.29 is 27.5 Å². The Hall–Kier alpha value is -2.33. The van der Waals surface area contributed by atoms with Gasteiger partial charge in [-0.25, -0.2) is 17.9 Å². The first-order valence-electron chi connectivity index (χ1n) is 7.08. The number of sulfonamides is 1. The second kappa shape index (κ2) is 9.73. The van der Waals surface area contributed by atoms with Crippen LogP contribution in [0.4, 0.5) is 4.79 Å². The van der Waals surface area contributed by atoms with Crippen molar-refractivity contribution in [3.05, 3.63) is 29.8 Å². The van der Waals surface area contributed by atoms with Gasteiger partial charge in [0.25, 0.3) is 0 Å². The number of carbonyl (C=O) groups excluding carboxylic acids is 2. The molecule has 0 aliphatic rings. The Morgan fingerprint density at radius 3 is 2.42 bits per heavy atom. The molecule has 2 amide bonds. The summed E-state index contributed by atoms with van der Waals surface area (Å²) in [6, 6.07) is 6.95. The summed E-state index contributed by atoms with van der Waals surface area (Å²) in [5, 5.41) is 4.87. The van der Waals surface area contributed by atoms with Crippen LogP contribution in [0, 0.1) is 0 Å². The minimum atomic E-state index is -3.39. The average molecular weight is 359 g/mol. The van der Waals surface area contributed by atoms with Gasteiger partial charge in [-0.15, -0.1) is 0 Å². The molecule has 9 nitrogen and oxygen atoms in total. The first kappa shape index (κ1) is 19.7. The van der Waals surface area contributed by atoms with Gasteiger partial charge in [-0.1, -0.05) is 12.1 Å². The molecular formula is C14H21N3O6S. The van der Waals surface area contributed by atoms with Crippen LogP contribution in [0.1, 0.15) is 5.56 Å². The molecule has 134 valence electrons. The smallest absolute Gasteiger partial charge is 0.407 e. The third-order valence-corrected chi connectivity index (χ3v) is 3.35. The summed E-state index contributed by atoms with van der Waals surface area (Å²) in [6.45, 7) is 0.326. The molecule has 1 rings (SSSR count). The third-order valence-electron chi connectivity index (χ3n) is 2.69. The molecule has 10 heteroatoms. The number of alkyl carbamates (subject to hydrolysis) is 1. The lowest BCUT2D eigenvalue weighted by Crippen LogP contribution is -2.38. The van der Waals surface area contributed by atoms with E-state index >= 15 is 0 Å². The molecule has 0 fully saturated rings. The van der Waals surface area contributed by atoms with Gasteiger partial charge in [-0.2, -0.15) is 0 Å². The summed E-state index contributed by atoms with van der Waals surface area (Å²) in [5.41, 5.74) is 0.811. The minimum Gasteiger partial charge on any atom is -0.492 e. The van der Waals surface area contributed by atoms with Crippen molar-refractivity contribution >= 4 is 22.0 Å². The summed E-state index contributed by atoms with van der Waals surface area (Å²) in [7, 11) is -1.90. The van der Waals surface area contributed by atoms with Gasteiger partial charge in [0.05, 0.1) is 19.3 Å². The first-order valence-corrected chi connectivity index (χ1v) is 8.97. The maximum Gasteiger partial charge on any atom is 0.407 e. The van der Waals surface area contributed by atoms with E-state index in [9.17, 15) is 18.0 Å². The first-order chi connectivity index (χ1) is 11.3. The number of hydrogen-bond donors (Lipinski definition) is 3. The average Bonchev–Trinajstić information content (AvgIpc) is 2.55. The maximum absolute atomic E-state index is 11.4. The fourth-order valence-corrected chi connectivity index (χ4v) is 1.91. The standard InChI is InChI=1S/C14H21N3O6S/c1-15-14(19)23-10-11-3-5-12(6-4-11)22-8-7-16-13(18)9-17-24(2,20)21/h3-6,17H,7-10H2,1-2H3,(H,15,19)(H,16,18). The van der Waals surface area contributed by atoms with Crippen molar-refractivity contribution in [1.82, 2.24) is 15.4 Å². The number of carbonyl (C=O) groups is 2. The lowest BCUT2D eigenvalue weighted by Gasteiger charge is -2.09. The molecule has 0 aliphatic carbocycles. The van der Waals surface area contributed by atoms with Crippen LogP contribution in [-0.4, -0.2) is 53.4 Å². The lowest BCUT2D eigenvalue weighted by molar-refractivity contribution is -0.120. The van der Waals surface area contributed by atoms with E-state index in [1.165, 1.54) is 7.05 Å². The number of nitrogens with one attached hydrogen (secondary N) is 3. The number of ether oxygens (including phenoxy) is 2. The number of rotatable bonds is 9. The molecule has 24 heavy (non-hydrogen) atoms. The fourth-order valence-electron chi connectivity index (χ4n) is 1.52. The van der Waals surface area contributed by atoms with Crippen molar-refractivity contribution in [2.45, 2.75) is 6.61 Å². The van der Waals surface area contributed by atoms with E-state index in [2.05, 4.69) is 15.4 Å². The van der Waals surface area contributed by atoms with Crippen molar-refractivity contribution in [3.8, 4) is 5.75 Å². The van der Waals surface area contributed by atoms with Crippen molar-refractivity contribution in [2.75, 3.05) is 33.0 Å². The number of hydrogen-bond acceptors (Lipinski definition) is 6. The highest BCUT2D eigenvalue weighted by molar-refractivity contribution is 7.88. The summed E-state index contributed by atoms with van der Waals surface area (Å²) < 4.78 is 34.1. The molecule has 0 unspecified atom stereocenters. The predicted molar refractivity (Wildman–Crippen MR) is 87.0 cm³/mol. The normalized spacial score (nSPS) is 10.8. The van der Waals surface area contributed by atoms with Crippen molar-refractivity contribution in [1.29, 1.82) is 0 Å². The van der Waals surface area contributed by atoms with Gasteiger partial charge < -0.3 is 20.1 Å². The second-order valence-electron chi connectivity index (χ2n) is 4.76. The zero-order valence-corrected chi connectivity index (χ0v) is 14.3. The summed E-state index contributed by atoms with van der Waals surface area (Å²) in [4.78, 5) is 22.3. The zero-order chi connectivity index (χ0) is 18.0. The SMILES string of the molecule is CNC(=O)OCc1ccc(OCCNC(=O)CNS(C)(=O)=O)cc1. The largest absolute Gasteiger partial charge is 0.492 e. The highest BCUT2D eigenvalue weighted by Gasteiger charge is 2.05. The fraction of sp³-hybridized carbons (Fsp3) is 0.429. The molecular weight excluding hydrogens is 338 g/mol. The van der Waals surface area contributed by atoms with Crippen molar-refractivity contribution in [2.24, 2.45) is 0 Å². The van der Waals surface area contributed by atoms with Gasteiger partial charge in [-0.05, 0) is 17.7 Å². The molecule has 0 saturated heterocycles. The van der Waals surface area contributed by atoms with Gasteiger partial charge >= 0.3 is 6.09 Å². The van der Waals surface area contributed by atoms with Crippen LogP contribution in [0.25, 0.3) is 0 Å². The van der Waals surface area contributed by atoms with Gasteiger partial charge in [0.15, 0.2) is 0 Å². The molecule has 1 aromatic rings. The van der Waals surface area contributed by atoms with E-state index < -0.39 is 22.0 Å². The molecule has 0 bridgehead atoms. The van der Waals surface area contributed by atoms with E-state index in [1.54, 1.807) is 24.3 Å². The van der Waals surface area contributed by atoms with E-state index in [0.29, 0.717) is 5.75 Å². The topological polar surface area (TPSA) is 123 Å². The van der Waals surface area contributed by atoms with Crippen LogP contribution < -0.4 is 20.1 Å². The summed E-state index contributed by atoms with van der Waals surface area (Å²) in [5.74, 6) is 0.160. The Morgan fingerprint density at radius 1 is 1.17 bits per heavy atom. The Bertz CT molecular complexity index is 645. The molecule has 0 heterocycles. The van der Waals surface area contributed by atoms with Gasteiger partial charge in [0, 0.05) is 7.05 Å². The number of benzene rings is 1. The van der Waals surface area contributed by atoms with Crippen LogP contribution in [0.15, 0.2) is 24.3 Å². The summed E-state index contributed by atoms with van der Waals surface area (Å²) >= 11 is 0. The third kappa shape index (κ3) is 8.96. The van der Waals surface area contributed by atoms with Crippen LogP contribution >= 0.6 is 0 Å². The van der Waals surface area contributed by atoms with E-state index in [-0.39, 0.29) is 26.3 Å². The predicted octanol–water partition coefficient (Wildman–Crippen LogP) is -0.413. The Balaban J connectivity index is 2.23. The molecule has 0 spiro atoms. The highest BCUT2D eigenvalue weighted by atomic mass is 32.2. The maximum atomic E-state index is 11.4. The minimum absolute atomic E-state index is 0.156. The highest BCUT2D eigenvalue weighted by Crippen LogP contribution is 2.12. The monoisotopic (exact) mass is 359 g/mol. The Morgan fingerprint density at radius 2 is 1.83 bits per heavy atom.